The number of pyridine rings is 2. The van der Waals surface area contributed by atoms with Crippen molar-refractivity contribution in [2.75, 3.05) is 0 Å². The van der Waals surface area contributed by atoms with Crippen molar-refractivity contribution in [2.24, 2.45) is 5.92 Å². The van der Waals surface area contributed by atoms with Crippen LogP contribution in [0, 0.1) is 24.9 Å². The molecule has 1 radical (unpaired) electrons. The van der Waals surface area contributed by atoms with Crippen LogP contribution in [0.1, 0.15) is 90.6 Å². The van der Waals surface area contributed by atoms with E-state index in [1.54, 1.807) is 48.7 Å². The Morgan fingerprint density at radius 1 is 0.837 bits per heavy atom. The summed E-state index contributed by atoms with van der Waals surface area (Å²) >= 11 is 0. The molecule has 43 heavy (non-hydrogen) atoms. The molecule has 0 amide bonds. The SMILES string of the molecule is [2H]C(C)(C)c1ccnc(-c2[c-]ccc(C([2H])([2H])c3ccccc3)c2)c1.[2H]C([2H])([2H])c1cnc(-c2[c-]cccc2)cc1C([2H])([2H])C1CCCCC1.[Ir]. The topological polar surface area (TPSA) is 25.8 Å². The summed E-state index contributed by atoms with van der Waals surface area (Å²) in [4.78, 5) is 8.66. The van der Waals surface area contributed by atoms with Crippen LogP contribution < -0.4 is 0 Å². The minimum Gasteiger partial charge on any atom is -0.305 e. The van der Waals surface area contributed by atoms with Gasteiger partial charge < -0.3 is 9.97 Å². The summed E-state index contributed by atoms with van der Waals surface area (Å²) in [7, 11) is 0. The molecule has 0 N–H and O–H groups in total. The van der Waals surface area contributed by atoms with Gasteiger partial charge in [-0.3, -0.25) is 0 Å². The van der Waals surface area contributed by atoms with Crippen molar-refractivity contribution >= 4 is 0 Å². The molecule has 223 valence electrons. The zero-order valence-corrected chi connectivity index (χ0v) is 27.1. The number of benzene rings is 3. The fourth-order valence-corrected chi connectivity index (χ4v) is 5.01. The van der Waals surface area contributed by atoms with E-state index in [0.29, 0.717) is 22.5 Å². The quantitative estimate of drug-likeness (QED) is 0.155. The largest absolute Gasteiger partial charge is 0.305 e. The summed E-state index contributed by atoms with van der Waals surface area (Å²) < 4.78 is 66.1. The van der Waals surface area contributed by atoms with Crippen LogP contribution in [0.2, 0.25) is 0 Å². The van der Waals surface area contributed by atoms with Gasteiger partial charge in [0.05, 0.1) is 0 Å². The first-order valence-corrected chi connectivity index (χ1v) is 14.6. The van der Waals surface area contributed by atoms with Crippen molar-refractivity contribution in [3.8, 4) is 22.5 Å². The maximum absolute atomic E-state index is 8.72. The zero-order chi connectivity index (χ0) is 36.2. The van der Waals surface area contributed by atoms with E-state index >= 15 is 0 Å². The van der Waals surface area contributed by atoms with Gasteiger partial charge in [0.25, 0.3) is 0 Å². The smallest absolute Gasteiger partial charge is 0.0349 e. The van der Waals surface area contributed by atoms with Crippen molar-refractivity contribution in [1.29, 1.82) is 0 Å². The van der Waals surface area contributed by atoms with Gasteiger partial charge in [-0.05, 0) is 60.0 Å². The first-order valence-electron chi connectivity index (χ1n) is 18.6. The standard InChI is InChI=1S/C21H20N.C19H22N.Ir/c1-16(2)19-11-12-22-21(15-19)20-10-6-9-18(14-20)13-17-7-4-3-5-8-17;1-15-14-20-19(17-10-6-3-7-11-17)13-18(15)12-16-8-4-2-5-9-16;/h3-9,11-12,14-16H,13H2,1-2H3;3,6-7,10,13-14,16H,2,4-5,8-9,12H2,1H3;/q2*-1;/i13D2,16D;1D3,12D2;. The number of nitrogens with zero attached hydrogens (tertiary/aromatic N) is 2. The fourth-order valence-electron chi connectivity index (χ4n) is 5.01. The van der Waals surface area contributed by atoms with E-state index in [0.717, 1.165) is 48.8 Å². The summed E-state index contributed by atoms with van der Waals surface area (Å²) in [5, 5.41) is 0. The molecule has 5 aromatic rings. The molecule has 0 atom stereocenters. The van der Waals surface area contributed by atoms with Crippen molar-refractivity contribution in [1.82, 2.24) is 9.97 Å². The normalized spacial score (nSPS) is 17.1. The van der Waals surface area contributed by atoms with E-state index in [1.807, 2.05) is 62.4 Å². The van der Waals surface area contributed by atoms with Crippen molar-refractivity contribution in [2.45, 2.75) is 71.4 Å². The molecule has 0 saturated heterocycles. The van der Waals surface area contributed by atoms with Crippen LogP contribution in [-0.4, -0.2) is 9.97 Å². The van der Waals surface area contributed by atoms with E-state index in [4.69, 9.17) is 11.0 Å². The second-order valence-corrected chi connectivity index (χ2v) is 10.8. The average Bonchev–Trinajstić information content (AvgIpc) is 3.12. The van der Waals surface area contributed by atoms with Gasteiger partial charge in [-0.25, -0.2) is 0 Å². The molecule has 1 saturated carbocycles. The maximum Gasteiger partial charge on any atom is 0.0349 e. The Balaban J connectivity index is 0.000000224. The summed E-state index contributed by atoms with van der Waals surface area (Å²) in [6.07, 6.45) is 4.43. The Morgan fingerprint density at radius 3 is 2.35 bits per heavy atom. The van der Waals surface area contributed by atoms with E-state index in [9.17, 15) is 0 Å². The molecule has 2 aromatic heterocycles. The molecule has 3 heteroatoms. The van der Waals surface area contributed by atoms with Gasteiger partial charge in [0.1, 0.15) is 0 Å². The third-order valence-electron chi connectivity index (χ3n) is 7.33. The number of hydrogen-bond donors (Lipinski definition) is 0. The molecule has 1 aliphatic rings. The molecule has 1 aliphatic carbocycles. The van der Waals surface area contributed by atoms with Crippen molar-refractivity contribution in [3.63, 3.8) is 0 Å². The molecule has 0 spiro atoms. The fraction of sp³-hybridized carbons (Fsp3) is 0.300. The monoisotopic (exact) mass is 751 g/mol. The molecule has 0 unspecified atom stereocenters. The molecule has 2 nitrogen and oxygen atoms in total. The molecule has 0 aliphatic heterocycles. The second kappa shape index (κ2) is 16.5. The average molecular weight is 751 g/mol. The molecule has 1 fully saturated rings. The van der Waals surface area contributed by atoms with E-state index in [2.05, 4.69) is 22.1 Å². The van der Waals surface area contributed by atoms with Crippen LogP contribution in [0.15, 0.2) is 103 Å². The third kappa shape index (κ3) is 9.55. The van der Waals surface area contributed by atoms with Gasteiger partial charge in [0, 0.05) is 43.5 Å². The van der Waals surface area contributed by atoms with Crippen LogP contribution in [0.3, 0.4) is 0 Å². The van der Waals surface area contributed by atoms with Gasteiger partial charge in [-0.15, -0.1) is 71.3 Å². The Bertz CT molecular complexity index is 1870. The summed E-state index contributed by atoms with van der Waals surface area (Å²) in [6, 6.07) is 33.3. The Morgan fingerprint density at radius 2 is 1.60 bits per heavy atom. The first-order chi connectivity index (χ1) is 23.6. The molecular formula is C40H42IrN2-2. The van der Waals surface area contributed by atoms with Crippen LogP contribution >= 0.6 is 0 Å². The van der Waals surface area contributed by atoms with Crippen molar-refractivity contribution in [3.05, 3.63) is 143 Å². The molecule has 6 rings (SSSR count). The van der Waals surface area contributed by atoms with Crippen LogP contribution in [-0.2, 0) is 32.9 Å². The van der Waals surface area contributed by atoms with E-state index in [1.165, 1.54) is 6.20 Å². The van der Waals surface area contributed by atoms with E-state index < -0.39 is 25.5 Å². The Hall–Kier alpha value is -3.39. The maximum atomic E-state index is 8.72. The minimum atomic E-state index is -2.39. The Kier molecular flexibility index (Phi) is 8.82. The molecular weight excluding hydrogens is 701 g/mol. The van der Waals surface area contributed by atoms with Gasteiger partial charge in [0.15, 0.2) is 0 Å². The van der Waals surface area contributed by atoms with Crippen molar-refractivity contribution < 1.29 is 31.1 Å². The minimum absolute atomic E-state index is 0. The number of aryl methyl sites for hydroxylation is 1. The molecule has 0 bridgehead atoms. The van der Waals surface area contributed by atoms with Gasteiger partial charge in [0.2, 0.25) is 0 Å². The first kappa shape index (κ1) is 23.1. The number of rotatable bonds is 7. The van der Waals surface area contributed by atoms with Gasteiger partial charge in [-0.1, -0.05) is 99.5 Å². The zero-order valence-electron chi connectivity index (χ0n) is 32.7. The third-order valence-corrected chi connectivity index (χ3v) is 7.33. The number of hydrogen-bond acceptors (Lipinski definition) is 2. The van der Waals surface area contributed by atoms with E-state index in [-0.39, 0.29) is 37.2 Å². The number of aromatic nitrogens is 2. The predicted molar refractivity (Wildman–Crippen MR) is 175 cm³/mol. The molecule has 2 heterocycles. The summed E-state index contributed by atoms with van der Waals surface area (Å²) in [5.74, 6) is -0.870. The second-order valence-electron chi connectivity index (χ2n) is 10.8. The molecule has 3 aromatic carbocycles. The Labute approximate surface area is 283 Å². The van der Waals surface area contributed by atoms with Crippen LogP contribution in [0.25, 0.3) is 22.5 Å². The summed E-state index contributed by atoms with van der Waals surface area (Å²) in [5.41, 5.74) is 5.02. The van der Waals surface area contributed by atoms with Crippen LogP contribution in [0.5, 0.6) is 0 Å². The van der Waals surface area contributed by atoms with Crippen LogP contribution in [0.4, 0.5) is 0 Å². The van der Waals surface area contributed by atoms with Gasteiger partial charge >= 0.3 is 0 Å². The van der Waals surface area contributed by atoms with Gasteiger partial charge in [-0.2, -0.15) is 0 Å². The predicted octanol–water partition coefficient (Wildman–Crippen LogP) is 10.2. The summed E-state index contributed by atoms with van der Waals surface area (Å²) in [6.45, 7) is 1.28.